The summed E-state index contributed by atoms with van der Waals surface area (Å²) in [6.07, 6.45) is 15.0. The Kier molecular flexibility index (Phi) is 4.95. The van der Waals surface area contributed by atoms with Crippen molar-refractivity contribution in [3.05, 3.63) is 23.2 Å². The largest absolute Gasteiger partial charge is 0.414 e. The first-order valence-corrected chi connectivity index (χ1v) is 14.8. The summed E-state index contributed by atoms with van der Waals surface area (Å²) in [7, 11) is 0.721. The summed E-state index contributed by atoms with van der Waals surface area (Å²) in [6.45, 7) is 17.1. The van der Waals surface area contributed by atoms with Crippen molar-refractivity contribution in [2.24, 2.45) is 28.6 Å². The Morgan fingerprint density at radius 2 is 1.68 bits per heavy atom. The molecule has 4 aliphatic rings. The summed E-state index contributed by atoms with van der Waals surface area (Å²) in [5.41, 5.74) is 4.37. The van der Waals surface area contributed by atoms with Gasteiger partial charge in [-0.25, -0.2) is 0 Å². The number of allylic oxidation sites excluding steroid dienone is 3. The maximum atomic E-state index is 6.86. The van der Waals surface area contributed by atoms with E-state index >= 15 is 0 Å². The van der Waals surface area contributed by atoms with Crippen LogP contribution in [0.4, 0.5) is 0 Å². The van der Waals surface area contributed by atoms with Crippen LogP contribution >= 0.6 is 0 Å². The Morgan fingerprint density at radius 1 is 1.00 bits per heavy atom. The van der Waals surface area contributed by atoms with Crippen molar-refractivity contribution in [2.45, 2.75) is 104 Å². The SMILES string of the molecule is BC1=CCC2C3CC=C4C[C@@H](O[Si](C)(C)C(C)(C)C)CC[C@]4(C)C3CC[C@]12C. The molecule has 3 unspecified atom stereocenters. The average molecular weight is 399 g/mol. The standard InChI is InChI=1S/C25H43BOSi/c1-23(2,3)28(6,7)27-18-12-14-24(4)17(16-18)8-9-19-20-10-11-22(26)25(20,5)15-13-21(19)24/h8,11,18-21H,9-10,12-16,26H2,1-7H3/t18-,19?,20?,21?,24-,25-/m0/s1. The molecule has 28 heavy (non-hydrogen) atoms. The normalized spacial score (nSPS) is 43.5. The second-order valence-corrected chi connectivity index (χ2v) is 17.3. The third-order valence-electron chi connectivity index (χ3n) is 10.3. The van der Waals surface area contributed by atoms with Crippen molar-refractivity contribution in [3.63, 3.8) is 0 Å². The molecule has 0 amide bonds. The second-order valence-electron chi connectivity index (χ2n) is 12.6. The highest BCUT2D eigenvalue weighted by atomic mass is 28.4. The van der Waals surface area contributed by atoms with E-state index in [0.29, 0.717) is 22.0 Å². The van der Waals surface area contributed by atoms with Crippen LogP contribution in [0.1, 0.15) is 79.6 Å². The van der Waals surface area contributed by atoms with Gasteiger partial charge < -0.3 is 4.43 Å². The minimum atomic E-state index is -1.68. The van der Waals surface area contributed by atoms with Crippen LogP contribution in [0, 0.1) is 28.6 Å². The fraction of sp³-hybridized carbons (Fsp3) is 0.840. The van der Waals surface area contributed by atoms with Gasteiger partial charge in [0.1, 0.15) is 7.85 Å². The van der Waals surface area contributed by atoms with Gasteiger partial charge in [0, 0.05) is 6.10 Å². The Labute approximate surface area is 176 Å². The molecule has 0 aromatic rings. The Balaban J connectivity index is 1.53. The van der Waals surface area contributed by atoms with Crippen molar-refractivity contribution in [1.82, 2.24) is 0 Å². The summed E-state index contributed by atoms with van der Waals surface area (Å²) in [5.74, 6) is 2.69. The van der Waals surface area contributed by atoms with E-state index in [9.17, 15) is 0 Å². The summed E-state index contributed by atoms with van der Waals surface area (Å²) < 4.78 is 6.86. The lowest BCUT2D eigenvalue weighted by molar-refractivity contribution is -0.0261. The molecule has 2 fully saturated rings. The van der Waals surface area contributed by atoms with E-state index in [0.717, 1.165) is 17.8 Å². The highest BCUT2D eigenvalue weighted by Gasteiger charge is 2.56. The quantitative estimate of drug-likeness (QED) is 0.383. The molecular weight excluding hydrogens is 355 g/mol. The topological polar surface area (TPSA) is 9.23 Å². The Bertz CT molecular complexity index is 702. The van der Waals surface area contributed by atoms with E-state index in [2.05, 4.69) is 67.7 Å². The van der Waals surface area contributed by atoms with Gasteiger partial charge in [0.15, 0.2) is 8.32 Å². The Morgan fingerprint density at radius 3 is 2.36 bits per heavy atom. The highest BCUT2D eigenvalue weighted by Crippen LogP contribution is 2.64. The number of hydrogen-bond acceptors (Lipinski definition) is 1. The van der Waals surface area contributed by atoms with Gasteiger partial charge >= 0.3 is 0 Å². The Hall–Kier alpha value is -0.278. The lowest BCUT2D eigenvalue weighted by atomic mass is 9.46. The van der Waals surface area contributed by atoms with Crippen LogP contribution in [0.25, 0.3) is 0 Å². The van der Waals surface area contributed by atoms with Crippen LogP contribution in [0.2, 0.25) is 18.1 Å². The van der Waals surface area contributed by atoms with Crippen molar-refractivity contribution >= 4 is 16.2 Å². The fourth-order valence-corrected chi connectivity index (χ4v) is 8.49. The first kappa shape index (κ1) is 21.0. The molecule has 4 rings (SSSR count). The molecule has 0 aromatic heterocycles. The van der Waals surface area contributed by atoms with E-state index in [4.69, 9.17) is 4.43 Å². The van der Waals surface area contributed by atoms with Gasteiger partial charge in [0.2, 0.25) is 0 Å². The van der Waals surface area contributed by atoms with E-state index in [1.165, 1.54) is 44.9 Å². The maximum absolute atomic E-state index is 6.86. The predicted molar refractivity (Wildman–Crippen MR) is 126 cm³/mol. The molecule has 0 aromatic carbocycles. The first-order chi connectivity index (χ1) is 12.9. The summed E-state index contributed by atoms with van der Waals surface area (Å²) in [5, 5.41) is 0.306. The van der Waals surface area contributed by atoms with Gasteiger partial charge in [-0.2, -0.15) is 0 Å². The molecule has 0 heterocycles. The van der Waals surface area contributed by atoms with Gasteiger partial charge in [-0.3, -0.25) is 0 Å². The zero-order valence-corrected chi connectivity index (χ0v) is 20.8. The van der Waals surface area contributed by atoms with Gasteiger partial charge in [-0.05, 0) is 91.7 Å². The predicted octanol–water partition coefficient (Wildman–Crippen LogP) is 6.47. The van der Waals surface area contributed by atoms with Crippen LogP contribution in [0.5, 0.6) is 0 Å². The molecule has 0 bridgehead atoms. The minimum absolute atomic E-state index is 0.306. The van der Waals surface area contributed by atoms with Crippen molar-refractivity contribution in [1.29, 1.82) is 0 Å². The zero-order chi connectivity index (χ0) is 20.5. The fourth-order valence-electron chi connectivity index (χ4n) is 7.10. The lowest BCUT2D eigenvalue weighted by Crippen LogP contribution is -2.51. The van der Waals surface area contributed by atoms with E-state index in [1.807, 2.05) is 0 Å². The van der Waals surface area contributed by atoms with Crippen LogP contribution in [-0.2, 0) is 4.43 Å². The van der Waals surface area contributed by atoms with Gasteiger partial charge in [-0.1, -0.05) is 52.3 Å². The molecule has 0 aliphatic heterocycles. The average Bonchev–Trinajstić information content (AvgIpc) is 2.89. The molecule has 156 valence electrons. The first-order valence-electron chi connectivity index (χ1n) is 11.9. The van der Waals surface area contributed by atoms with E-state index < -0.39 is 8.32 Å². The molecule has 0 spiro atoms. The zero-order valence-electron chi connectivity index (χ0n) is 19.8. The van der Waals surface area contributed by atoms with E-state index in [-0.39, 0.29) is 0 Å². The molecule has 1 nitrogen and oxygen atoms in total. The van der Waals surface area contributed by atoms with Crippen molar-refractivity contribution in [2.75, 3.05) is 0 Å². The molecule has 0 saturated heterocycles. The maximum Gasteiger partial charge on any atom is 0.192 e. The van der Waals surface area contributed by atoms with E-state index in [1.54, 1.807) is 11.0 Å². The molecule has 2 saturated carbocycles. The summed E-state index contributed by atoms with van der Waals surface area (Å²) in [6, 6.07) is 0. The number of hydrogen-bond donors (Lipinski definition) is 0. The van der Waals surface area contributed by atoms with Gasteiger partial charge in [0.25, 0.3) is 0 Å². The monoisotopic (exact) mass is 398 g/mol. The molecule has 0 N–H and O–H groups in total. The second kappa shape index (κ2) is 6.61. The van der Waals surface area contributed by atoms with Crippen LogP contribution in [-0.4, -0.2) is 22.3 Å². The molecular formula is C25H43BOSi. The number of fused-ring (bicyclic) bond motifs is 5. The third kappa shape index (κ3) is 3.06. The van der Waals surface area contributed by atoms with Crippen LogP contribution in [0.15, 0.2) is 23.2 Å². The lowest BCUT2D eigenvalue weighted by Gasteiger charge is -2.58. The number of rotatable bonds is 2. The van der Waals surface area contributed by atoms with Crippen molar-refractivity contribution < 1.29 is 4.43 Å². The molecule has 6 atom stereocenters. The third-order valence-corrected chi connectivity index (χ3v) is 14.8. The molecule has 3 heteroatoms. The van der Waals surface area contributed by atoms with Crippen molar-refractivity contribution in [3.8, 4) is 0 Å². The van der Waals surface area contributed by atoms with Gasteiger partial charge in [0.05, 0.1) is 0 Å². The van der Waals surface area contributed by atoms with Crippen LogP contribution in [0.3, 0.4) is 0 Å². The summed E-state index contributed by atoms with van der Waals surface area (Å²) in [4.78, 5) is 0. The van der Waals surface area contributed by atoms with Gasteiger partial charge in [-0.15, -0.1) is 5.47 Å². The molecule has 4 aliphatic carbocycles. The highest BCUT2D eigenvalue weighted by molar-refractivity contribution is 6.74. The molecule has 0 radical (unpaired) electrons. The van der Waals surface area contributed by atoms with Crippen LogP contribution < -0.4 is 0 Å². The summed E-state index contributed by atoms with van der Waals surface area (Å²) >= 11 is 0. The smallest absolute Gasteiger partial charge is 0.192 e. The minimum Gasteiger partial charge on any atom is -0.414 e.